The van der Waals surface area contributed by atoms with Crippen LogP contribution in [0, 0.1) is 0 Å². The molecule has 1 rings (SSSR count). The maximum absolute atomic E-state index is 12.6. The molecule has 19 heavy (non-hydrogen) atoms. The number of hydrogen-bond donors (Lipinski definition) is 2. The molecule has 1 aromatic carbocycles. The summed E-state index contributed by atoms with van der Waals surface area (Å²) in [4.78, 5) is 1.50. The highest BCUT2D eigenvalue weighted by atomic mass is 35.5. The van der Waals surface area contributed by atoms with Crippen LogP contribution in [0.1, 0.15) is 18.5 Å². The maximum Gasteiger partial charge on any atom is 0.251 e. The molecule has 3 N–H and O–H groups in total. The summed E-state index contributed by atoms with van der Waals surface area (Å²) in [7, 11) is 0. The predicted molar refractivity (Wildman–Crippen MR) is 72.5 cm³/mol. The van der Waals surface area contributed by atoms with Crippen molar-refractivity contribution in [2.24, 2.45) is 5.73 Å². The fourth-order valence-electron chi connectivity index (χ4n) is 2.16. The maximum atomic E-state index is 12.6. The van der Waals surface area contributed by atoms with Crippen LogP contribution in [0.15, 0.2) is 24.3 Å². The minimum Gasteiger partial charge on any atom is -0.395 e. The van der Waals surface area contributed by atoms with E-state index >= 15 is 0 Å². The van der Waals surface area contributed by atoms with Gasteiger partial charge < -0.3 is 10.8 Å². The highest BCUT2D eigenvalue weighted by Gasteiger charge is 2.26. The van der Waals surface area contributed by atoms with E-state index < -0.39 is 13.0 Å². The Bertz CT molecular complexity index is 373. The lowest BCUT2D eigenvalue weighted by molar-refractivity contribution is 0.0487. The Morgan fingerprint density at radius 1 is 1.32 bits per heavy atom. The van der Waals surface area contributed by atoms with Gasteiger partial charge in [0.25, 0.3) is 6.43 Å². The predicted octanol–water partition coefficient (Wildman–Crippen LogP) is 2.29. The molecule has 2 atom stereocenters. The van der Waals surface area contributed by atoms with Gasteiger partial charge >= 0.3 is 0 Å². The van der Waals surface area contributed by atoms with E-state index in [0.717, 1.165) is 5.56 Å². The lowest BCUT2D eigenvalue weighted by Crippen LogP contribution is -2.43. The van der Waals surface area contributed by atoms with Crippen molar-refractivity contribution in [2.75, 3.05) is 19.7 Å². The average molecular weight is 293 g/mol. The van der Waals surface area contributed by atoms with Gasteiger partial charge in [0, 0.05) is 23.7 Å². The molecule has 2 unspecified atom stereocenters. The fourth-order valence-corrected chi connectivity index (χ4v) is 2.28. The van der Waals surface area contributed by atoms with Gasteiger partial charge in [-0.1, -0.05) is 23.7 Å². The van der Waals surface area contributed by atoms with Crippen LogP contribution < -0.4 is 5.73 Å². The molecule has 0 heterocycles. The standard InChI is InChI=1S/C13H19ClF2N2O/c1-9(17)13(10-2-4-11(14)5-3-10)18(6-7-19)8-12(15)16/h2-5,9,12-13,19H,6-8,17H2,1H3. The Kier molecular flexibility index (Phi) is 6.65. The van der Waals surface area contributed by atoms with E-state index in [1.807, 2.05) is 0 Å². The first-order valence-corrected chi connectivity index (χ1v) is 6.47. The molecule has 0 radical (unpaired) electrons. The Hall–Kier alpha value is -0.750. The van der Waals surface area contributed by atoms with E-state index in [1.54, 1.807) is 31.2 Å². The lowest BCUT2D eigenvalue weighted by atomic mass is 9.99. The topological polar surface area (TPSA) is 49.5 Å². The normalized spacial score (nSPS) is 14.9. The average Bonchev–Trinajstić information content (AvgIpc) is 2.31. The molecular formula is C13H19ClF2N2O. The molecule has 108 valence electrons. The first-order valence-electron chi connectivity index (χ1n) is 6.09. The van der Waals surface area contributed by atoms with Crippen LogP contribution in [0.2, 0.25) is 5.02 Å². The molecule has 0 saturated carbocycles. The van der Waals surface area contributed by atoms with Crippen LogP contribution in [0.3, 0.4) is 0 Å². The van der Waals surface area contributed by atoms with E-state index in [2.05, 4.69) is 0 Å². The Morgan fingerprint density at radius 3 is 2.32 bits per heavy atom. The second-order valence-corrected chi connectivity index (χ2v) is 4.90. The Balaban J connectivity index is 2.98. The van der Waals surface area contributed by atoms with Crippen molar-refractivity contribution < 1.29 is 13.9 Å². The number of nitrogens with two attached hydrogens (primary N) is 1. The highest BCUT2D eigenvalue weighted by Crippen LogP contribution is 2.25. The zero-order chi connectivity index (χ0) is 14.4. The van der Waals surface area contributed by atoms with Gasteiger partial charge in [0.1, 0.15) is 0 Å². The van der Waals surface area contributed by atoms with Crippen LogP contribution in [-0.2, 0) is 0 Å². The molecule has 0 aliphatic carbocycles. The van der Waals surface area contributed by atoms with E-state index in [4.69, 9.17) is 22.4 Å². The zero-order valence-corrected chi connectivity index (χ0v) is 11.5. The van der Waals surface area contributed by atoms with Crippen molar-refractivity contribution in [2.45, 2.75) is 25.4 Å². The molecule has 0 aromatic heterocycles. The second-order valence-electron chi connectivity index (χ2n) is 4.47. The monoisotopic (exact) mass is 292 g/mol. The van der Waals surface area contributed by atoms with Gasteiger partial charge in [-0.2, -0.15) is 0 Å². The summed E-state index contributed by atoms with van der Waals surface area (Å²) in [6, 6.07) is 6.22. The van der Waals surface area contributed by atoms with Gasteiger partial charge in [0.15, 0.2) is 0 Å². The third kappa shape index (κ3) is 5.03. The minimum atomic E-state index is -2.47. The summed E-state index contributed by atoms with van der Waals surface area (Å²) in [5.41, 5.74) is 6.73. The van der Waals surface area contributed by atoms with Crippen molar-refractivity contribution in [3.05, 3.63) is 34.9 Å². The van der Waals surface area contributed by atoms with Crippen LogP contribution >= 0.6 is 11.6 Å². The van der Waals surface area contributed by atoms with E-state index in [9.17, 15) is 8.78 Å². The summed E-state index contributed by atoms with van der Waals surface area (Å²) in [5, 5.41) is 9.60. The van der Waals surface area contributed by atoms with Crippen molar-refractivity contribution in [1.82, 2.24) is 4.90 Å². The number of benzene rings is 1. The van der Waals surface area contributed by atoms with Crippen molar-refractivity contribution in [1.29, 1.82) is 0 Å². The first kappa shape index (κ1) is 16.3. The summed E-state index contributed by atoms with van der Waals surface area (Å²) < 4.78 is 25.3. The van der Waals surface area contributed by atoms with Crippen LogP contribution in [0.25, 0.3) is 0 Å². The second kappa shape index (κ2) is 7.75. The molecule has 0 aliphatic heterocycles. The molecular weight excluding hydrogens is 274 g/mol. The molecule has 3 nitrogen and oxygen atoms in total. The largest absolute Gasteiger partial charge is 0.395 e. The smallest absolute Gasteiger partial charge is 0.251 e. The van der Waals surface area contributed by atoms with Gasteiger partial charge in [-0.3, -0.25) is 4.90 Å². The molecule has 0 amide bonds. The number of rotatable bonds is 7. The number of halogens is 3. The van der Waals surface area contributed by atoms with Gasteiger partial charge in [-0.05, 0) is 24.6 Å². The van der Waals surface area contributed by atoms with Crippen LogP contribution in [-0.4, -0.2) is 42.2 Å². The Morgan fingerprint density at radius 2 is 1.89 bits per heavy atom. The van der Waals surface area contributed by atoms with Crippen molar-refractivity contribution >= 4 is 11.6 Å². The summed E-state index contributed by atoms with van der Waals surface area (Å²) in [6.45, 7) is 1.30. The van der Waals surface area contributed by atoms with Gasteiger partial charge in [0.05, 0.1) is 13.2 Å². The van der Waals surface area contributed by atoms with E-state index in [1.165, 1.54) is 4.90 Å². The third-order valence-electron chi connectivity index (χ3n) is 2.86. The molecule has 0 fully saturated rings. The molecule has 0 spiro atoms. The SMILES string of the molecule is CC(N)C(c1ccc(Cl)cc1)N(CCO)CC(F)F. The van der Waals surface area contributed by atoms with Gasteiger partial charge in [-0.15, -0.1) is 0 Å². The van der Waals surface area contributed by atoms with Gasteiger partial charge in [0.2, 0.25) is 0 Å². The van der Waals surface area contributed by atoms with Crippen molar-refractivity contribution in [3.8, 4) is 0 Å². The van der Waals surface area contributed by atoms with Crippen LogP contribution in [0.5, 0.6) is 0 Å². The van der Waals surface area contributed by atoms with Gasteiger partial charge in [-0.25, -0.2) is 8.78 Å². The first-order chi connectivity index (χ1) is 8.95. The fraction of sp³-hybridized carbons (Fsp3) is 0.538. The quantitative estimate of drug-likeness (QED) is 0.811. The molecule has 1 aromatic rings. The van der Waals surface area contributed by atoms with Crippen LogP contribution in [0.4, 0.5) is 8.78 Å². The summed E-state index contributed by atoms with van der Waals surface area (Å²) in [5.74, 6) is 0. The van der Waals surface area contributed by atoms with E-state index in [-0.39, 0.29) is 25.2 Å². The molecule has 6 heteroatoms. The Labute approximate surface area is 117 Å². The lowest BCUT2D eigenvalue weighted by Gasteiger charge is -2.34. The third-order valence-corrected chi connectivity index (χ3v) is 3.11. The summed E-state index contributed by atoms with van der Waals surface area (Å²) >= 11 is 5.82. The molecule has 0 bridgehead atoms. The van der Waals surface area contributed by atoms with Crippen molar-refractivity contribution in [3.63, 3.8) is 0 Å². The number of aliphatic hydroxyl groups excluding tert-OH is 1. The number of alkyl halides is 2. The summed E-state index contributed by atoms with van der Waals surface area (Å²) in [6.07, 6.45) is -2.47. The number of nitrogens with zero attached hydrogens (tertiary/aromatic N) is 1. The number of aliphatic hydroxyl groups is 1. The molecule has 0 aliphatic rings. The number of hydrogen-bond acceptors (Lipinski definition) is 3. The molecule has 0 saturated heterocycles. The highest BCUT2D eigenvalue weighted by molar-refractivity contribution is 6.30. The van der Waals surface area contributed by atoms with E-state index in [0.29, 0.717) is 5.02 Å². The zero-order valence-electron chi connectivity index (χ0n) is 10.8. The minimum absolute atomic E-state index is 0.152.